The Bertz CT molecular complexity index is 694. The van der Waals surface area contributed by atoms with Gasteiger partial charge in [0.15, 0.2) is 5.76 Å². The van der Waals surface area contributed by atoms with E-state index in [1.165, 1.54) is 13.2 Å². The van der Waals surface area contributed by atoms with Crippen molar-refractivity contribution < 1.29 is 14.3 Å². The maximum atomic E-state index is 12.7. The van der Waals surface area contributed by atoms with E-state index in [0.717, 1.165) is 37.4 Å². The third-order valence-corrected chi connectivity index (χ3v) is 4.96. The van der Waals surface area contributed by atoms with Crippen molar-refractivity contribution in [3.05, 3.63) is 34.3 Å². The van der Waals surface area contributed by atoms with Gasteiger partial charge in [-0.15, -0.1) is 0 Å². The van der Waals surface area contributed by atoms with Crippen molar-refractivity contribution >= 4 is 11.6 Å². The molecule has 0 amide bonds. The summed E-state index contributed by atoms with van der Waals surface area (Å²) in [5, 5.41) is 0. The van der Waals surface area contributed by atoms with Gasteiger partial charge < -0.3 is 14.2 Å². The number of hydrogen-bond acceptors (Lipinski definition) is 5. The molecule has 6 heteroatoms. The van der Waals surface area contributed by atoms with E-state index in [2.05, 4.69) is 16.8 Å². The molecule has 0 atom stereocenters. The average molecular weight is 317 g/mol. The van der Waals surface area contributed by atoms with Gasteiger partial charge in [-0.2, -0.15) is 0 Å². The van der Waals surface area contributed by atoms with Crippen molar-refractivity contribution in [2.45, 2.75) is 13.5 Å². The number of rotatable bonds is 3. The number of hydrogen-bond donors (Lipinski definition) is 0. The van der Waals surface area contributed by atoms with Gasteiger partial charge in [0.1, 0.15) is 5.69 Å². The molecule has 2 heterocycles. The number of allylic oxidation sites excluding steroid dienone is 2. The molecule has 1 fully saturated rings. The van der Waals surface area contributed by atoms with Gasteiger partial charge in [0.05, 0.1) is 12.7 Å². The number of carbonyl (C=O) groups excluding carboxylic acids is 2. The molecule has 0 N–H and O–H groups in total. The maximum Gasteiger partial charge on any atom is 0.230 e. The quantitative estimate of drug-likeness (QED) is 0.832. The molecule has 23 heavy (non-hydrogen) atoms. The van der Waals surface area contributed by atoms with E-state index in [1.807, 2.05) is 18.5 Å². The van der Waals surface area contributed by atoms with Crippen LogP contribution in [0.1, 0.15) is 32.1 Å². The Morgan fingerprint density at radius 3 is 2.39 bits per heavy atom. The number of methoxy groups -OCH3 is 1. The van der Waals surface area contributed by atoms with Gasteiger partial charge in [-0.05, 0) is 19.5 Å². The van der Waals surface area contributed by atoms with Crippen molar-refractivity contribution in [1.82, 2.24) is 14.4 Å². The van der Waals surface area contributed by atoms with Crippen LogP contribution in [0.2, 0.25) is 0 Å². The van der Waals surface area contributed by atoms with Crippen LogP contribution < -0.4 is 0 Å². The zero-order valence-corrected chi connectivity index (χ0v) is 14.2. The van der Waals surface area contributed by atoms with E-state index in [9.17, 15) is 9.59 Å². The predicted octanol–water partition coefficient (Wildman–Crippen LogP) is 0.990. The average Bonchev–Trinajstić information content (AvgIpc) is 2.78. The molecule has 0 spiro atoms. The zero-order chi connectivity index (χ0) is 16.7. The van der Waals surface area contributed by atoms with Gasteiger partial charge in [-0.25, -0.2) is 0 Å². The number of carbonyl (C=O) groups is 2. The van der Waals surface area contributed by atoms with Crippen LogP contribution in [0.3, 0.4) is 0 Å². The van der Waals surface area contributed by atoms with Crippen molar-refractivity contribution in [2.24, 2.45) is 7.05 Å². The molecule has 1 aromatic heterocycles. The highest BCUT2D eigenvalue weighted by atomic mass is 16.5. The number of ketones is 2. The predicted molar refractivity (Wildman–Crippen MR) is 86.7 cm³/mol. The first-order valence-electron chi connectivity index (χ1n) is 7.87. The van der Waals surface area contributed by atoms with Gasteiger partial charge in [0.25, 0.3) is 0 Å². The van der Waals surface area contributed by atoms with Crippen molar-refractivity contribution in [2.75, 3.05) is 40.3 Å². The van der Waals surface area contributed by atoms with Crippen molar-refractivity contribution in [3.8, 4) is 0 Å². The molecule has 1 aliphatic carbocycles. The topological polar surface area (TPSA) is 54.8 Å². The SMILES string of the molecule is COC1=CC(=O)c2c(c(CN3CCN(C)CC3)c(C)n2C)C1=O. The monoisotopic (exact) mass is 317 g/mol. The van der Waals surface area contributed by atoms with Crippen LogP contribution in [0, 0.1) is 6.92 Å². The van der Waals surface area contributed by atoms with E-state index in [4.69, 9.17) is 4.74 Å². The molecular weight excluding hydrogens is 294 g/mol. The highest BCUT2D eigenvalue weighted by Crippen LogP contribution is 2.30. The summed E-state index contributed by atoms with van der Waals surface area (Å²) < 4.78 is 6.94. The second kappa shape index (κ2) is 5.94. The number of aromatic nitrogens is 1. The highest BCUT2D eigenvalue weighted by Gasteiger charge is 2.34. The maximum absolute atomic E-state index is 12.7. The second-order valence-electron chi connectivity index (χ2n) is 6.33. The van der Waals surface area contributed by atoms with Crippen LogP contribution in [0.4, 0.5) is 0 Å². The summed E-state index contributed by atoms with van der Waals surface area (Å²) in [4.78, 5) is 29.7. The Morgan fingerprint density at radius 2 is 1.78 bits per heavy atom. The number of nitrogens with zero attached hydrogens (tertiary/aromatic N) is 3. The van der Waals surface area contributed by atoms with Gasteiger partial charge in [-0.1, -0.05) is 0 Å². The molecule has 1 saturated heterocycles. The van der Waals surface area contributed by atoms with Crippen LogP contribution in [0.5, 0.6) is 0 Å². The summed E-state index contributed by atoms with van der Waals surface area (Å²) in [6, 6.07) is 0. The van der Waals surface area contributed by atoms with E-state index < -0.39 is 0 Å². The van der Waals surface area contributed by atoms with E-state index >= 15 is 0 Å². The Morgan fingerprint density at radius 1 is 1.13 bits per heavy atom. The second-order valence-corrected chi connectivity index (χ2v) is 6.33. The Labute approximate surface area is 136 Å². The minimum atomic E-state index is -0.185. The van der Waals surface area contributed by atoms with E-state index in [1.54, 1.807) is 0 Å². The van der Waals surface area contributed by atoms with E-state index in [-0.39, 0.29) is 17.3 Å². The van der Waals surface area contributed by atoms with Crippen LogP contribution >= 0.6 is 0 Å². The smallest absolute Gasteiger partial charge is 0.230 e. The number of Topliss-reactive ketones (excluding diaryl/α,β-unsaturated/α-hetero) is 1. The van der Waals surface area contributed by atoms with Crippen LogP contribution in [-0.2, 0) is 18.3 Å². The molecule has 124 valence electrons. The Kier molecular flexibility index (Phi) is 4.12. The first kappa shape index (κ1) is 16.0. The molecule has 3 rings (SSSR count). The lowest BCUT2D eigenvalue weighted by Gasteiger charge is -2.32. The number of piperazine rings is 1. The molecule has 6 nitrogen and oxygen atoms in total. The Balaban J connectivity index is 1.98. The molecule has 0 aromatic carbocycles. The lowest BCUT2D eigenvalue weighted by molar-refractivity contribution is 0.0911. The van der Waals surface area contributed by atoms with Crippen LogP contribution in [-0.4, -0.2) is 66.3 Å². The summed E-state index contributed by atoms with van der Waals surface area (Å²) in [6.07, 6.45) is 1.30. The zero-order valence-electron chi connectivity index (χ0n) is 14.2. The highest BCUT2D eigenvalue weighted by molar-refractivity contribution is 6.24. The molecule has 0 unspecified atom stereocenters. The normalized spacial score (nSPS) is 19.7. The molecule has 2 aliphatic rings. The molecule has 0 radical (unpaired) electrons. The summed E-state index contributed by atoms with van der Waals surface area (Å²) >= 11 is 0. The van der Waals surface area contributed by atoms with Crippen LogP contribution in [0.25, 0.3) is 0 Å². The fourth-order valence-corrected chi connectivity index (χ4v) is 3.35. The molecule has 1 aliphatic heterocycles. The number of likely N-dealkylation sites (N-methyl/N-ethyl adjacent to an activating group) is 1. The fourth-order valence-electron chi connectivity index (χ4n) is 3.35. The van der Waals surface area contributed by atoms with Crippen molar-refractivity contribution in [3.63, 3.8) is 0 Å². The van der Waals surface area contributed by atoms with Gasteiger partial charge >= 0.3 is 0 Å². The number of fused-ring (bicyclic) bond motifs is 1. The number of ether oxygens (including phenoxy) is 1. The minimum absolute atomic E-state index is 0.132. The summed E-state index contributed by atoms with van der Waals surface area (Å²) in [7, 11) is 5.39. The molecule has 1 aromatic rings. The summed E-state index contributed by atoms with van der Waals surface area (Å²) in [6.45, 7) is 6.63. The third-order valence-electron chi connectivity index (χ3n) is 4.96. The fraction of sp³-hybridized carbons (Fsp3) is 0.529. The lowest BCUT2D eigenvalue weighted by atomic mass is 9.95. The first-order valence-corrected chi connectivity index (χ1v) is 7.87. The summed E-state index contributed by atoms with van der Waals surface area (Å²) in [5.74, 6) is -0.214. The first-order chi connectivity index (χ1) is 10.9. The Hall–Kier alpha value is -1.92. The lowest BCUT2D eigenvalue weighted by Crippen LogP contribution is -2.44. The molecule has 0 bridgehead atoms. The van der Waals surface area contributed by atoms with E-state index in [0.29, 0.717) is 17.8 Å². The van der Waals surface area contributed by atoms with Gasteiger partial charge in [0.2, 0.25) is 11.6 Å². The largest absolute Gasteiger partial charge is 0.492 e. The third kappa shape index (κ3) is 2.62. The van der Waals surface area contributed by atoms with Crippen LogP contribution in [0.15, 0.2) is 11.8 Å². The standard InChI is InChI=1S/C17H23N3O3/c1-11-12(10-20-7-5-18(2)6-8-20)15-16(19(11)3)13(21)9-14(23-4)17(15)22/h9H,5-8,10H2,1-4H3. The summed E-state index contributed by atoms with van der Waals surface area (Å²) in [5.41, 5.74) is 2.93. The molecular formula is C17H23N3O3. The van der Waals surface area contributed by atoms with Gasteiger partial charge in [0, 0.05) is 51.5 Å². The van der Waals surface area contributed by atoms with Crippen molar-refractivity contribution in [1.29, 1.82) is 0 Å². The van der Waals surface area contributed by atoms with Gasteiger partial charge in [-0.3, -0.25) is 14.5 Å². The minimum Gasteiger partial charge on any atom is -0.492 e. The molecule has 0 saturated carbocycles.